The van der Waals surface area contributed by atoms with Gasteiger partial charge in [0.2, 0.25) is 0 Å². The molecule has 2 aromatic rings. The molecule has 0 aliphatic carbocycles. The van der Waals surface area contributed by atoms with Gasteiger partial charge < -0.3 is 20.1 Å². The fourth-order valence-electron chi connectivity index (χ4n) is 3.29. The van der Waals surface area contributed by atoms with E-state index in [1.165, 1.54) is 22.6 Å². The van der Waals surface area contributed by atoms with Crippen molar-refractivity contribution in [3.8, 4) is 5.75 Å². The molecule has 0 saturated carbocycles. The summed E-state index contributed by atoms with van der Waals surface area (Å²) < 4.78 is 11.2. The Labute approximate surface area is 192 Å². The Morgan fingerprint density at radius 3 is 2.52 bits per heavy atom. The lowest BCUT2D eigenvalue weighted by atomic mass is 10.1. The van der Waals surface area contributed by atoms with Gasteiger partial charge in [0.05, 0.1) is 7.11 Å². The van der Waals surface area contributed by atoms with Gasteiger partial charge >= 0.3 is 11.7 Å². The van der Waals surface area contributed by atoms with Crippen molar-refractivity contribution in [3.05, 3.63) is 50.7 Å². The van der Waals surface area contributed by atoms with Crippen molar-refractivity contribution in [2.45, 2.75) is 52.5 Å². The quantitative estimate of drug-likeness (QED) is 0.366. The first kappa shape index (κ1) is 25.7. The van der Waals surface area contributed by atoms with Crippen LogP contribution in [0.4, 0.5) is 11.5 Å². The summed E-state index contributed by atoms with van der Waals surface area (Å²) in [6, 6.07) is 6.28. The molecule has 0 atom stereocenters. The molecule has 1 aromatic carbocycles. The average Bonchev–Trinajstić information content (AvgIpc) is 2.81. The number of unbranched alkanes of at least 4 members (excludes halogenated alkanes) is 3. The molecule has 0 bridgehead atoms. The number of carbonyl (C=O) groups is 2. The highest BCUT2D eigenvalue weighted by molar-refractivity contribution is 6.07. The van der Waals surface area contributed by atoms with Gasteiger partial charge in [0.1, 0.15) is 11.6 Å². The number of hydrogen-bond acceptors (Lipinski definition) is 7. The molecule has 0 saturated heterocycles. The molecule has 0 aliphatic rings. The molecule has 10 nitrogen and oxygen atoms in total. The van der Waals surface area contributed by atoms with Gasteiger partial charge in [-0.05, 0) is 31.0 Å². The number of nitrogens with zero attached hydrogens (tertiary/aromatic N) is 2. The van der Waals surface area contributed by atoms with E-state index in [-0.39, 0.29) is 30.2 Å². The van der Waals surface area contributed by atoms with Crippen molar-refractivity contribution in [2.75, 3.05) is 30.9 Å². The lowest BCUT2D eigenvalue weighted by Crippen LogP contribution is -2.41. The van der Waals surface area contributed by atoms with E-state index in [4.69, 9.17) is 10.5 Å². The first-order valence-electron chi connectivity index (χ1n) is 11.1. The molecule has 33 heavy (non-hydrogen) atoms. The van der Waals surface area contributed by atoms with Crippen LogP contribution in [0.25, 0.3) is 0 Å². The molecule has 1 heterocycles. The number of benzene rings is 1. The topological polar surface area (TPSA) is 137 Å². The second-order valence-electron chi connectivity index (χ2n) is 7.55. The Kier molecular flexibility index (Phi) is 9.71. The number of ether oxygens (including phenoxy) is 2. The number of rotatable bonds is 12. The third kappa shape index (κ3) is 6.71. The predicted octanol–water partition coefficient (Wildman–Crippen LogP) is 2.31. The number of amides is 1. The Balaban J connectivity index is 2.47. The Morgan fingerprint density at radius 1 is 1.12 bits per heavy atom. The summed E-state index contributed by atoms with van der Waals surface area (Å²) in [7, 11) is 1.25. The second-order valence-corrected chi connectivity index (χ2v) is 7.55. The zero-order valence-corrected chi connectivity index (χ0v) is 19.4. The number of aromatic nitrogens is 2. The summed E-state index contributed by atoms with van der Waals surface area (Å²) in [5.41, 5.74) is 5.13. The highest BCUT2D eigenvalue weighted by atomic mass is 16.6. The van der Waals surface area contributed by atoms with E-state index in [0.29, 0.717) is 25.1 Å². The summed E-state index contributed by atoms with van der Waals surface area (Å²) in [5, 5.41) is 0. The van der Waals surface area contributed by atoms with E-state index < -0.39 is 23.1 Å². The van der Waals surface area contributed by atoms with Crippen LogP contribution in [-0.2, 0) is 16.1 Å². The van der Waals surface area contributed by atoms with Crippen molar-refractivity contribution >= 4 is 23.4 Å². The van der Waals surface area contributed by atoms with Crippen molar-refractivity contribution < 1.29 is 19.1 Å². The molecule has 0 spiro atoms. The Hall–Kier alpha value is -3.56. The van der Waals surface area contributed by atoms with Crippen molar-refractivity contribution in [3.63, 3.8) is 0 Å². The molecule has 10 heteroatoms. The first-order chi connectivity index (χ1) is 15.8. The fraction of sp³-hybridized carbons (Fsp3) is 0.478. The normalized spacial score (nSPS) is 10.6. The lowest BCUT2D eigenvalue weighted by Gasteiger charge is -2.25. The molecule has 0 fully saturated rings. The number of aromatic amines is 1. The number of nitrogen functional groups attached to an aromatic ring is 1. The minimum atomic E-state index is -0.715. The number of nitrogens with two attached hydrogens (primary N) is 1. The maximum absolute atomic E-state index is 13.5. The molecule has 0 radical (unpaired) electrons. The van der Waals surface area contributed by atoms with Crippen LogP contribution in [-0.4, -0.2) is 41.7 Å². The van der Waals surface area contributed by atoms with Gasteiger partial charge in [-0.15, -0.1) is 0 Å². The van der Waals surface area contributed by atoms with Crippen LogP contribution < -0.4 is 26.6 Å². The summed E-state index contributed by atoms with van der Waals surface area (Å²) in [6.07, 6.45) is 3.94. The van der Waals surface area contributed by atoms with Gasteiger partial charge in [0.15, 0.2) is 12.3 Å². The van der Waals surface area contributed by atoms with Crippen LogP contribution in [0, 0.1) is 0 Å². The maximum Gasteiger partial charge on any atom is 0.343 e. The summed E-state index contributed by atoms with van der Waals surface area (Å²) in [5.74, 6) is -0.760. The van der Waals surface area contributed by atoms with Crippen LogP contribution in [0.2, 0.25) is 0 Å². The molecular formula is C23H32N4O6. The fourth-order valence-corrected chi connectivity index (χ4v) is 3.29. The number of methoxy groups -OCH3 is 1. The lowest BCUT2D eigenvalue weighted by molar-refractivity contribution is -0.142. The van der Waals surface area contributed by atoms with Crippen molar-refractivity contribution in [1.82, 2.24) is 9.55 Å². The molecule has 1 aromatic heterocycles. The number of H-pyrrole nitrogens is 1. The highest BCUT2D eigenvalue weighted by Gasteiger charge is 2.25. The van der Waals surface area contributed by atoms with Crippen LogP contribution in [0.3, 0.4) is 0 Å². The second kappa shape index (κ2) is 12.5. The average molecular weight is 461 g/mol. The minimum absolute atomic E-state index is 0.0415. The zero-order chi connectivity index (χ0) is 24.4. The SMILES string of the molecule is CCCCCN(C(=O)c1cccc(OCC(=O)OC)c1)c1c(N)n(CCCC)c(=O)[nH]c1=O. The Bertz CT molecular complexity index is 1080. The molecule has 180 valence electrons. The predicted molar refractivity (Wildman–Crippen MR) is 126 cm³/mol. The summed E-state index contributed by atoms with van der Waals surface area (Å²) in [6.45, 7) is 4.28. The smallest absolute Gasteiger partial charge is 0.343 e. The number of esters is 1. The molecule has 0 aliphatic heterocycles. The van der Waals surface area contributed by atoms with Crippen molar-refractivity contribution in [2.24, 2.45) is 0 Å². The van der Waals surface area contributed by atoms with Crippen molar-refractivity contribution in [1.29, 1.82) is 0 Å². The van der Waals surface area contributed by atoms with Gasteiger partial charge in [-0.1, -0.05) is 39.2 Å². The number of anilines is 2. The monoisotopic (exact) mass is 460 g/mol. The molecule has 0 unspecified atom stereocenters. The van der Waals surface area contributed by atoms with E-state index in [1.807, 2.05) is 13.8 Å². The number of hydrogen-bond donors (Lipinski definition) is 2. The van der Waals surface area contributed by atoms with Crippen LogP contribution in [0.5, 0.6) is 5.75 Å². The van der Waals surface area contributed by atoms with E-state index >= 15 is 0 Å². The highest BCUT2D eigenvalue weighted by Crippen LogP contribution is 2.22. The minimum Gasteiger partial charge on any atom is -0.482 e. The largest absolute Gasteiger partial charge is 0.482 e. The zero-order valence-electron chi connectivity index (χ0n) is 19.4. The summed E-state index contributed by atoms with van der Waals surface area (Å²) in [4.78, 5) is 53.5. The molecule has 1 amide bonds. The number of nitrogens with one attached hydrogen (secondary N) is 1. The number of carbonyl (C=O) groups excluding carboxylic acids is 2. The van der Waals surface area contributed by atoms with Gasteiger partial charge in [0.25, 0.3) is 11.5 Å². The van der Waals surface area contributed by atoms with Crippen LogP contribution >= 0.6 is 0 Å². The molecular weight excluding hydrogens is 428 g/mol. The molecule has 2 rings (SSSR count). The first-order valence-corrected chi connectivity index (χ1v) is 11.1. The third-order valence-electron chi connectivity index (χ3n) is 5.12. The van der Waals surface area contributed by atoms with E-state index in [9.17, 15) is 19.2 Å². The van der Waals surface area contributed by atoms with E-state index in [2.05, 4.69) is 9.72 Å². The molecule has 3 N–H and O–H groups in total. The third-order valence-corrected chi connectivity index (χ3v) is 5.12. The Morgan fingerprint density at radius 2 is 1.85 bits per heavy atom. The standard InChI is InChI=1S/C23H32N4O6/c1-4-6-8-13-26(19-20(24)27(12-7-5-2)23(31)25-21(19)29)22(30)16-10-9-11-17(14-16)33-15-18(28)32-3/h9-11,14H,4-8,12-13,15,24H2,1-3H3,(H,25,29,31). The van der Waals surface area contributed by atoms with Crippen LogP contribution in [0.15, 0.2) is 33.9 Å². The van der Waals surface area contributed by atoms with E-state index in [0.717, 1.165) is 19.3 Å². The van der Waals surface area contributed by atoms with Gasteiger partial charge in [0, 0.05) is 18.7 Å². The van der Waals surface area contributed by atoms with Gasteiger partial charge in [-0.2, -0.15) is 0 Å². The van der Waals surface area contributed by atoms with Gasteiger partial charge in [-0.25, -0.2) is 9.59 Å². The van der Waals surface area contributed by atoms with Crippen LogP contribution in [0.1, 0.15) is 56.3 Å². The van der Waals surface area contributed by atoms with E-state index in [1.54, 1.807) is 18.2 Å². The maximum atomic E-state index is 13.5. The summed E-state index contributed by atoms with van der Waals surface area (Å²) >= 11 is 0. The van der Waals surface area contributed by atoms with Gasteiger partial charge in [-0.3, -0.25) is 19.1 Å².